The monoisotopic (exact) mass is 294 g/mol. The first-order chi connectivity index (χ1) is 10.1. The van der Waals surface area contributed by atoms with Crippen LogP contribution in [-0.4, -0.2) is 36.9 Å². The Labute approximate surface area is 130 Å². The lowest BCUT2D eigenvalue weighted by atomic mass is 9.59. The molecule has 0 aromatic carbocycles. The van der Waals surface area contributed by atoms with Crippen LogP contribution in [-0.2, 0) is 4.79 Å². The highest BCUT2D eigenvalue weighted by molar-refractivity contribution is 5.86. The second-order valence-electron chi connectivity index (χ2n) is 7.55. The average Bonchev–Trinajstić information content (AvgIpc) is 2.85. The van der Waals surface area contributed by atoms with Crippen molar-refractivity contribution in [2.45, 2.75) is 71.6 Å². The Bertz CT molecular complexity index is 349. The summed E-state index contributed by atoms with van der Waals surface area (Å²) in [7, 11) is 0. The molecule has 0 bridgehead atoms. The van der Waals surface area contributed by atoms with Crippen LogP contribution < -0.4 is 5.73 Å². The van der Waals surface area contributed by atoms with E-state index in [1.165, 1.54) is 19.4 Å². The van der Waals surface area contributed by atoms with Gasteiger partial charge in [0.05, 0.1) is 0 Å². The fraction of sp³-hybridized carbons (Fsp3) is 0.944. The molecule has 1 atom stereocenters. The average molecular weight is 294 g/mol. The molecule has 2 fully saturated rings. The standard InChI is InChI=1S/C18H34N2O/c1-3-6-18(7-4-2)9-8-17(14-16(18)21)10-13-20(15-17)12-5-11-19/h3-15,19H2,1-2H3. The minimum atomic E-state index is 0.0272. The van der Waals surface area contributed by atoms with E-state index in [-0.39, 0.29) is 5.41 Å². The van der Waals surface area contributed by atoms with Crippen molar-refractivity contribution in [3.8, 4) is 0 Å². The fourth-order valence-corrected chi connectivity index (χ4v) is 4.75. The first-order valence-corrected chi connectivity index (χ1v) is 9.05. The zero-order valence-electron chi connectivity index (χ0n) is 14.1. The lowest BCUT2D eigenvalue weighted by molar-refractivity contribution is -0.137. The fourth-order valence-electron chi connectivity index (χ4n) is 4.75. The molecule has 1 saturated carbocycles. The number of nitrogens with zero attached hydrogens (tertiary/aromatic N) is 1. The molecule has 21 heavy (non-hydrogen) atoms. The number of nitrogens with two attached hydrogens (primary N) is 1. The van der Waals surface area contributed by atoms with Crippen molar-refractivity contribution in [3.05, 3.63) is 0 Å². The molecule has 2 rings (SSSR count). The Morgan fingerprint density at radius 3 is 2.43 bits per heavy atom. The molecule has 1 spiro atoms. The highest BCUT2D eigenvalue weighted by Crippen LogP contribution is 2.51. The lowest BCUT2D eigenvalue weighted by Gasteiger charge is -2.44. The van der Waals surface area contributed by atoms with Crippen molar-refractivity contribution in [1.82, 2.24) is 4.90 Å². The van der Waals surface area contributed by atoms with Crippen LogP contribution in [0.15, 0.2) is 0 Å². The normalized spacial score (nSPS) is 29.4. The summed E-state index contributed by atoms with van der Waals surface area (Å²) in [5.74, 6) is 0.582. The summed E-state index contributed by atoms with van der Waals surface area (Å²) >= 11 is 0. The molecule has 0 radical (unpaired) electrons. The summed E-state index contributed by atoms with van der Waals surface area (Å²) in [6.07, 6.45) is 10.0. The summed E-state index contributed by atoms with van der Waals surface area (Å²) in [6, 6.07) is 0. The summed E-state index contributed by atoms with van der Waals surface area (Å²) in [5, 5.41) is 0. The number of carbonyl (C=O) groups excluding carboxylic acids is 1. The number of hydrogen-bond donors (Lipinski definition) is 1. The van der Waals surface area contributed by atoms with Gasteiger partial charge < -0.3 is 10.6 Å². The largest absolute Gasteiger partial charge is 0.330 e. The topological polar surface area (TPSA) is 46.3 Å². The summed E-state index contributed by atoms with van der Waals surface area (Å²) < 4.78 is 0. The van der Waals surface area contributed by atoms with E-state index >= 15 is 0 Å². The molecule has 3 heteroatoms. The van der Waals surface area contributed by atoms with E-state index in [1.807, 2.05) is 0 Å². The van der Waals surface area contributed by atoms with Gasteiger partial charge in [0.25, 0.3) is 0 Å². The number of likely N-dealkylation sites (tertiary alicyclic amines) is 1. The van der Waals surface area contributed by atoms with Crippen molar-refractivity contribution in [2.75, 3.05) is 26.2 Å². The molecule has 0 aromatic heterocycles. The SMILES string of the molecule is CCCC1(CCC)CCC2(CCN(CCCN)C2)CC1=O. The van der Waals surface area contributed by atoms with E-state index in [0.717, 1.165) is 64.6 Å². The van der Waals surface area contributed by atoms with Crippen LogP contribution in [0.3, 0.4) is 0 Å². The zero-order valence-corrected chi connectivity index (χ0v) is 14.1. The molecule has 0 aromatic rings. The smallest absolute Gasteiger partial charge is 0.139 e. The van der Waals surface area contributed by atoms with E-state index in [9.17, 15) is 4.79 Å². The molecule has 2 aliphatic rings. The molecule has 1 unspecified atom stereocenters. The first-order valence-electron chi connectivity index (χ1n) is 9.05. The molecule has 122 valence electrons. The Balaban J connectivity index is 1.98. The Morgan fingerprint density at radius 2 is 1.86 bits per heavy atom. The van der Waals surface area contributed by atoms with Crippen molar-refractivity contribution in [2.24, 2.45) is 16.6 Å². The molecule has 2 N–H and O–H groups in total. The third-order valence-corrected chi connectivity index (χ3v) is 5.91. The van der Waals surface area contributed by atoms with Gasteiger partial charge in [-0.25, -0.2) is 0 Å². The van der Waals surface area contributed by atoms with Crippen LogP contribution in [0.25, 0.3) is 0 Å². The van der Waals surface area contributed by atoms with Gasteiger partial charge in [0.1, 0.15) is 5.78 Å². The second-order valence-corrected chi connectivity index (χ2v) is 7.55. The van der Waals surface area contributed by atoms with Crippen LogP contribution in [0.4, 0.5) is 0 Å². The Morgan fingerprint density at radius 1 is 1.14 bits per heavy atom. The summed E-state index contributed by atoms with van der Waals surface area (Å²) in [5.41, 5.74) is 5.95. The third kappa shape index (κ3) is 3.68. The molecular formula is C18H34N2O. The van der Waals surface area contributed by atoms with Crippen LogP contribution in [0, 0.1) is 10.8 Å². The van der Waals surface area contributed by atoms with Gasteiger partial charge in [-0.1, -0.05) is 26.7 Å². The minimum absolute atomic E-state index is 0.0272. The first kappa shape index (κ1) is 17.0. The van der Waals surface area contributed by atoms with Gasteiger partial charge in [-0.05, 0) is 63.6 Å². The highest BCUT2D eigenvalue weighted by Gasteiger charge is 2.49. The molecule has 1 aliphatic carbocycles. The number of ketones is 1. The van der Waals surface area contributed by atoms with Gasteiger partial charge in [-0.15, -0.1) is 0 Å². The predicted molar refractivity (Wildman–Crippen MR) is 88.3 cm³/mol. The van der Waals surface area contributed by atoms with E-state index in [1.54, 1.807) is 0 Å². The van der Waals surface area contributed by atoms with E-state index in [2.05, 4.69) is 18.7 Å². The van der Waals surface area contributed by atoms with E-state index in [4.69, 9.17) is 5.73 Å². The van der Waals surface area contributed by atoms with Gasteiger partial charge in [0, 0.05) is 18.4 Å². The highest BCUT2D eigenvalue weighted by atomic mass is 16.1. The maximum Gasteiger partial charge on any atom is 0.139 e. The van der Waals surface area contributed by atoms with Crippen molar-refractivity contribution >= 4 is 5.78 Å². The molecule has 1 saturated heterocycles. The molecular weight excluding hydrogens is 260 g/mol. The van der Waals surface area contributed by atoms with Gasteiger partial charge in [-0.3, -0.25) is 4.79 Å². The number of carbonyl (C=O) groups is 1. The minimum Gasteiger partial charge on any atom is -0.330 e. The van der Waals surface area contributed by atoms with Crippen molar-refractivity contribution < 1.29 is 4.79 Å². The summed E-state index contributed by atoms with van der Waals surface area (Å²) in [6.45, 7) is 8.63. The van der Waals surface area contributed by atoms with Crippen LogP contribution >= 0.6 is 0 Å². The second kappa shape index (κ2) is 7.23. The van der Waals surface area contributed by atoms with Crippen molar-refractivity contribution in [3.63, 3.8) is 0 Å². The lowest BCUT2D eigenvalue weighted by Crippen LogP contribution is -2.43. The molecule has 3 nitrogen and oxygen atoms in total. The zero-order chi connectivity index (χ0) is 15.3. The number of hydrogen-bond acceptors (Lipinski definition) is 3. The number of Topliss-reactive ketones (excluding diaryl/α,β-unsaturated/α-hetero) is 1. The van der Waals surface area contributed by atoms with Crippen LogP contribution in [0.2, 0.25) is 0 Å². The van der Waals surface area contributed by atoms with Gasteiger partial charge >= 0.3 is 0 Å². The number of rotatable bonds is 7. The Hall–Kier alpha value is -0.410. The maximum absolute atomic E-state index is 12.9. The van der Waals surface area contributed by atoms with Crippen molar-refractivity contribution in [1.29, 1.82) is 0 Å². The van der Waals surface area contributed by atoms with Gasteiger partial charge in [0.15, 0.2) is 0 Å². The molecule has 1 heterocycles. The van der Waals surface area contributed by atoms with Gasteiger partial charge in [-0.2, -0.15) is 0 Å². The summed E-state index contributed by atoms with van der Waals surface area (Å²) in [4.78, 5) is 15.5. The van der Waals surface area contributed by atoms with Crippen LogP contribution in [0.5, 0.6) is 0 Å². The van der Waals surface area contributed by atoms with Gasteiger partial charge in [0.2, 0.25) is 0 Å². The van der Waals surface area contributed by atoms with E-state index < -0.39 is 0 Å². The Kier molecular flexibility index (Phi) is 5.84. The van der Waals surface area contributed by atoms with Crippen LogP contribution in [0.1, 0.15) is 71.6 Å². The third-order valence-electron chi connectivity index (χ3n) is 5.91. The maximum atomic E-state index is 12.9. The molecule has 0 amide bonds. The van der Waals surface area contributed by atoms with E-state index in [0.29, 0.717) is 11.2 Å². The molecule has 1 aliphatic heterocycles. The quantitative estimate of drug-likeness (QED) is 0.783. The predicted octanol–water partition coefficient (Wildman–Crippen LogP) is 3.37.